The van der Waals surface area contributed by atoms with Crippen LogP contribution in [0.15, 0.2) is 0 Å². The molecule has 5 heteroatoms. The number of hydrogen-bond donors (Lipinski definition) is 1. The Morgan fingerprint density at radius 3 is 2.71 bits per heavy atom. The highest BCUT2D eigenvalue weighted by molar-refractivity contribution is 14.1. The van der Waals surface area contributed by atoms with E-state index in [0.29, 0.717) is 19.0 Å². The van der Waals surface area contributed by atoms with E-state index in [2.05, 4.69) is 3.07 Å². The SMILES string of the molecule is CN(COI)SO. The molecule has 0 aliphatic carbocycles. The van der Waals surface area contributed by atoms with Crippen molar-refractivity contribution in [3.05, 3.63) is 0 Å². The first-order valence-electron chi connectivity index (χ1n) is 1.57. The van der Waals surface area contributed by atoms with Crippen LogP contribution >= 0.6 is 35.2 Å². The first-order valence-corrected chi connectivity index (χ1v) is 3.18. The first-order chi connectivity index (χ1) is 3.31. The highest BCUT2D eigenvalue weighted by atomic mass is 127. The van der Waals surface area contributed by atoms with Gasteiger partial charge in [0.2, 0.25) is 0 Å². The zero-order valence-corrected chi connectivity index (χ0v) is 6.77. The summed E-state index contributed by atoms with van der Waals surface area (Å²) in [5, 5.41) is 0. The van der Waals surface area contributed by atoms with Crippen LogP contribution in [0.3, 0.4) is 0 Å². The van der Waals surface area contributed by atoms with E-state index in [-0.39, 0.29) is 0 Å². The molecule has 0 heterocycles. The molecule has 0 saturated carbocycles. The van der Waals surface area contributed by atoms with Crippen LogP contribution < -0.4 is 0 Å². The maximum absolute atomic E-state index is 8.23. The number of nitrogens with zero attached hydrogens (tertiary/aromatic N) is 1. The zero-order valence-electron chi connectivity index (χ0n) is 3.80. The maximum atomic E-state index is 8.23. The molecular formula is C2H6INO2S. The average Bonchev–Trinajstić information content (AvgIpc) is 1.68. The van der Waals surface area contributed by atoms with Crippen molar-refractivity contribution in [3.8, 4) is 0 Å². The van der Waals surface area contributed by atoms with Crippen LogP contribution in [-0.4, -0.2) is 22.6 Å². The van der Waals surface area contributed by atoms with Crippen LogP contribution in [0.2, 0.25) is 0 Å². The third-order valence-corrected chi connectivity index (χ3v) is 1.03. The van der Waals surface area contributed by atoms with Crippen LogP contribution in [0.25, 0.3) is 0 Å². The highest BCUT2D eigenvalue weighted by Gasteiger charge is 1.91. The van der Waals surface area contributed by atoms with Crippen molar-refractivity contribution in [1.29, 1.82) is 0 Å². The van der Waals surface area contributed by atoms with E-state index in [0.717, 1.165) is 0 Å². The van der Waals surface area contributed by atoms with Gasteiger partial charge in [-0.15, -0.1) is 0 Å². The molecule has 0 unspecified atom stereocenters. The summed E-state index contributed by atoms with van der Waals surface area (Å²) in [5.74, 6) is 0. The van der Waals surface area contributed by atoms with Crippen molar-refractivity contribution in [2.24, 2.45) is 0 Å². The molecule has 0 atom stereocenters. The molecular weight excluding hydrogens is 229 g/mol. The smallest absolute Gasteiger partial charge is 0.122 e. The van der Waals surface area contributed by atoms with Crippen LogP contribution in [0, 0.1) is 0 Å². The lowest BCUT2D eigenvalue weighted by atomic mass is 11.2. The molecule has 7 heavy (non-hydrogen) atoms. The third kappa shape index (κ3) is 4.82. The van der Waals surface area contributed by atoms with Crippen molar-refractivity contribution in [2.75, 3.05) is 13.8 Å². The fraction of sp³-hybridized carbons (Fsp3) is 1.00. The Morgan fingerprint density at radius 1 is 2.00 bits per heavy atom. The van der Waals surface area contributed by atoms with Crippen molar-refractivity contribution in [3.63, 3.8) is 0 Å². The van der Waals surface area contributed by atoms with Gasteiger partial charge in [-0.05, 0) is 0 Å². The Hall–Kier alpha value is 0.960. The molecule has 0 rings (SSSR count). The average molecular weight is 235 g/mol. The van der Waals surface area contributed by atoms with Gasteiger partial charge in [-0.2, -0.15) is 0 Å². The fourth-order valence-electron chi connectivity index (χ4n) is 0.0923. The summed E-state index contributed by atoms with van der Waals surface area (Å²) in [5.41, 5.74) is 0. The van der Waals surface area contributed by atoms with E-state index < -0.39 is 0 Å². The Kier molecular flexibility index (Phi) is 5.80. The van der Waals surface area contributed by atoms with Crippen molar-refractivity contribution < 1.29 is 7.62 Å². The zero-order chi connectivity index (χ0) is 5.70. The Balaban J connectivity index is 2.83. The molecule has 0 aliphatic rings. The molecule has 0 aromatic heterocycles. The van der Waals surface area contributed by atoms with Crippen LogP contribution in [0.1, 0.15) is 0 Å². The standard InChI is InChI=1S/C2H6INO2S/c1-4(7-5)2-6-3/h5H,2H2,1H3. The molecule has 1 N–H and O–H groups in total. The maximum Gasteiger partial charge on any atom is 0.122 e. The Labute approximate surface area is 61.1 Å². The second-order valence-electron chi connectivity index (χ2n) is 0.948. The van der Waals surface area contributed by atoms with Crippen LogP contribution in [-0.2, 0) is 3.07 Å². The highest BCUT2D eigenvalue weighted by Crippen LogP contribution is 2.00. The lowest BCUT2D eigenvalue weighted by Crippen LogP contribution is -2.08. The van der Waals surface area contributed by atoms with Crippen molar-refractivity contribution >= 4 is 35.2 Å². The third-order valence-electron chi connectivity index (χ3n) is 0.370. The van der Waals surface area contributed by atoms with E-state index in [1.54, 1.807) is 34.4 Å². The molecule has 3 nitrogen and oxygen atoms in total. The Morgan fingerprint density at radius 2 is 2.57 bits per heavy atom. The summed E-state index contributed by atoms with van der Waals surface area (Å²) in [6.45, 7) is 0.432. The molecule has 0 spiro atoms. The minimum absolute atomic E-state index is 0.432. The van der Waals surface area contributed by atoms with Gasteiger partial charge in [0, 0.05) is 7.05 Å². The van der Waals surface area contributed by atoms with Gasteiger partial charge in [-0.1, -0.05) is 0 Å². The molecule has 0 saturated heterocycles. The summed E-state index contributed by atoms with van der Waals surface area (Å²) < 4.78 is 14.4. The first kappa shape index (κ1) is 7.96. The van der Waals surface area contributed by atoms with Crippen molar-refractivity contribution in [1.82, 2.24) is 4.31 Å². The van der Waals surface area contributed by atoms with E-state index in [4.69, 9.17) is 4.55 Å². The van der Waals surface area contributed by atoms with Gasteiger partial charge in [0.1, 0.15) is 29.7 Å². The van der Waals surface area contributed by atoms with Crippen LogP contribution in [0.4, 0.5) is 0 Å². The summed E-state index contributed by atoms with van der Waals surface area (Å²) in [4.78, 5) is 0. The van der Waals surface area contributed by atoms with Gasteiger partial charge in [0.15, 0.2) is 0 Å². The Bertz CT molecular complexity index is 46.7. The van der Waals surface area contributed by atoms with E-state index in [9.17, 15) is 0 Å². The second kappa shape index (κ2) is 5.10. The monoisotopic (exact) mass is 235 g/mol. The number of hydrogen-bond acceptors (Lipinski definition) is 4. The van der Waals surface area contributed by atoms with Crippen molar-refractivity contribution in [2.45, 2.75) is 0 Å². The number of halogens is 1. The normalized spacial score (nSPS) is 10.3. The molecule has 0 fully saturated rings. The molecule has 0 aromatic rings. The number of rotatable bonds is 3. The lowest BCUT2D eigenvalue weighted by Gasteiger charge is -2.05. The minimum atomic E-state index is 0.432. The molecule has 0 amide bonds. The summed E-state index contributed by atoms with van der Waals surface area (Å²) >= 11 is 2.41. The molecule has 44 valence electrons. The quantitative estimate of drug-likeness (QED) is 0.346. The molecule has 0 aromatic carbocycles. The van der Waals surface area contributed by atoms with Gasteiger partial charge in [0.25, 0.3) is 0 Å². The van der Waals surface area contributed by atoms with E-state index in [1.807, 2.05) is 0 Å². The predicted molar refractivity (Wildman–Crippen MR) is 38.0 cm³/mol. The van der Waals surface area contributed by atoms with E-state index >= 15 is 0 Å². The largest absolute Gasteiger partial charge is 0.317 e. The van der Waals surface area contributed by atoms with Crippen LogP contribution in [0.5, 0.6) is 0 Å². The predicted octanol–water partition coefficient (Wildman–Crippen LogP) is 1.36. The van der Waals surface area contributed by atoms with E-state index in [1.165, 1.54) is 0 Å². The van der Waals surface area contributed by atoms with Gasteiger partial charge >= 0.3 is 0 Å². The van der Waals surface area contributed by atoms with Gasteiger partial charge < -0.3 is 4.55 Å². The molecule has 0 aliphatic heterocycles. The van der Waals surface area contributed by atoms with Gasteiger partial charge in [-0.3, -0.25) is 3.07 Å². The summed E-state index contributed by atoms with van der Waals surface area (Å²) in [7, 11) is 1.73. The fourth-order valence-corrected chi connectivity index (χ4v) is 0.799. The minimum Gasteiger partial charge on any atom is -0.317 e. The van der Waals surface area contributed by atoms with Gasteiger partial charge in [-0.25, -0.2) is 4.31 Å². The molecule has 0 bridgehead atoms. The lowest BCUT2D eigenvalue weighted by molar-refractivity contribution is 0.299. The van der Waals surface area contributed by atoms with Gasteiger partial charge in [0.05, 0.1) is 12.2 Å². The second-order valence-corrected chi connectivity index (χ2v) is 2.36. The molecule has 0 radical (unpaired) electrons. The summed E-state index contributed by atoms with van der Waals surface area (Å²) in [6, 6.07) is 0. The summed E-state index contributed by atoms with van der Waals surface area (Å²) in [6.07, 6.45) is 0. The topological polar surface area (TPSA) is 32.7 Å².